The van der Waals surface area contributed by atoms with Gasteiger partial charge in [-0.2, -0.15) is 0 Å². The van der Waals surface area contributed by atoms with Crippen molar-refractivity contribution < 1.29 is 19.1 Å². The summed E-state index contributed by atoms with van der Waals surface area (Å²) in [5.74, 6) is 0.106. The Bertz CT molecular complexity index is 1180. The number of aromatic nitrogens is 1. The summed E-state index contributed by atoms with van der Waals surface area (Å²) in [5, 5.41) is 2.63. The Morgan fingerprint density at radius 1 is 0.973 bits per heavy atom. The summed E-state index contributed by atoms with van der Waals surface area (Å²) in [6, 6.07) is 19.9. The predicted molar refractivity (Wildman–Crippen MR) is 143 cm³/mol. The van der Waals surface area contributed by atoms with Crippen molar-refractivity contribution in [1.82, 2.24) is 9.88 Å². The molecule has 1 saturated heterocycles. The molecule has 3 aromatic rings. The van der Waals surface area contributed by atoms with Gasteiger partial charge in [0.2, 0.25) is 0 Å². The van der Waals surface area contributed by atoms with Crippen LogP contribution in [0.3, 0.4) is 0 Å². The molecular formula is C29H32N4O4. The van der Waals surface area contributed by atoms with E-state index >= 15 is 0 Å². The molecule has 1 fully saturated rings. The van der Waals surface area contributed by atoms with E-state index in [2.05, 4.69) is 15.2 Å². The molecule has 1 aromatic heterocycles. The van der Waals surface area contributed by atoms with E-state index in [0.717, 1.165) is 37.2 Å². The van der Waals surface area contributed by atoms with Crippen LogP contribution in [-0.4, -0.2) is 60.5 Å². The van der Waals surface area contributed by atoms with Crippen molar-refractivity contribution in [1.29, 1.82) is 0 Å². The van der Waals surface area contributed by atoms with E-state index < -0.39 is 6.09 Å². The average Bonchev–Trinajstić information content (AvgIpc) is 2.94. The van der Waals surface area contributed by atoms with E-state index in [0.29, 0.717) is 24.3 Å². The average molecular weight is 501 g/mol. The van der Waals surface area contributed by atoms with Crippen molar-refractivity contribution in [3.63, 3.8) is 0 Å². The van der Waals surface area contributed by atoms with Gasteiger partial charge in [-0.05, 0) is 69.3 Å². The van der Waals surface area contributed by atoms with E-state index in [1.165, 1.54) is 0 Å². The van der Waals surface area contributed by atoms with Crippen LogP contribution in [0.25, 0.3) is 0 Å². The van der Waals surface area contributed by atoms with Crippen LogP contribution in [0.1, 0.15) is 40.5 Å². The van der Waals surface area contributed by atoms with Gasteiger partial charge < -0.3 is 14.5 Å². The molecule has 1 aliphatic rings. The Balaban J connectivity index is 1.37. The fourth-order valence-corrected chi connectivity index (χ4v) is 4.50. The number of carbonyl (C=O) groups is 3. The molecular weight excluding hydrogens is 468 g/mol. The lowest BCUT2D eigenvalue weighted by Gasteiger charge is -2.33. The number of rotatable bonds is 9. The minimum atomic E-state index is -0.534. The van der Waals surface area contributed by atoms with Crippen molar-refractivity contribution >= 4 is 29.2 Å². The number of benzene rings is 2. The normalized spacial score (nSPS) is 14.1. The van der Waals surface area contributed by atoms with Crippen molar-refractivity contribution in [2.75, 3.05) is 43.0 Å². The molecule has 1 N–H and O–H groups in total. The molecule has 0 aliphatic carbocycles. The summed E-state index contributed by atoms with van der Waals surface area (Å²) in [6.07, 6.45) is 4.44. The van der Waals surface area contributed by atoms with Crippen molar-refractivity contribution in [3.8, 4) is 0 Å². The molecule has 0 unspecified atom stereocenters. The van der Waals surface area contributed by atoms with Crippen molar-refractivity contribution in [2.24, 2.45) is 5.92 Å². The largest absolute Gasteiger partial charge is 0.450 e. The third-order valence-electron chi connectivity index (χ3n) is 6.51. The second-order valence-corrected chi connectivity index (χ2v) is 8.94. The fourth-order valence-electron chi connectivity index (χ4n) is 4.50. The molecule has 8 heteroatoms. The standard InChI is InChI=1S/C29H32N4O4/c1-2-37-29(36)31-25-12-10-24(11-13-25)28(35)33(26-9-6-16-30-21-26)20-19-32-17-14-23(15-18-32)27(34)22-7-4-3-5-8-22/h3-13,16,21,23H,2,14-15,17-20H2,1H3,(H,31,36). The van der Waals surface area contributed by atoms with Crippen LogP contribution in [0.5, 0.6) is 0 Å². The fraction of sp³-hybridized carbons (Fsp3) is 0.310. The molecule has 4 rings (SSSR count). The molecule has 8 nitrogen and oxygen atoms in total. The number of carbonyl (C=O) groups excluding carboxylic acids is 3. The minimum Gasteiger partial charge on any atom is -0.450 e. The van der Waals surface area contributed by atoms with Crippen molar-refractivity contribution in [3.05, 3.63) is 90.3 Å². The number of hydrogen-bond acceptors (Lipinski definition) is 6. The summed E-state index contributed by atoms with van der Waals surface area (Å²) in [6.45, 7) is 4.82. The number of anilines is 2. The minimum absolute atomic E-state index is 0.0384. The summed E-state index contributed by atoms with van der Waals surface area (Å²) in [4.78, 5) is 46.2. The highest BCUT2D eigenvalue weighted by atomic mass is 16.5. The Morgan fingerprint density at radius 3 is 2.35 bits per heavy atom. The quantitative estimate of drug-likeness (QED) is 0.421. The van der Waals surface area contributed by atoms with Crippen LogP contribution in [-0.2, 0) is 4.74 Å². The van der Waals surface area contributed by atoms with Gasteiger partial charge in [0.15, 0.2) is 5.78 Å². The summed E-state index contributed by atoms with van der Waals surface area (Å²) in [5.41, 5.74) is 2.55. The molecule has 2 aromatic carbocycles. The van der Waals surface area contributed by atoms with Gasteiger partial charge >= 0.3 is 6.09 Å². The number of piperidine rings is 1. The molecule has 1 aliphatic heterocycles. The van der Waals surface area contributed by atoms with E-state index in [9.17, 15) is 14.4 Å². The second-order valence-electron chi connectivity index (χ2n) is 8.94. The van der Waals surface area contributed by atoms with Gasteiger partial charge in [-0.3, -0.25) is 19.9 Å². The van der Waals surface area contributed by atoms with E-state index in [4.69, 9.17) is 4.74 Å². The first-order chi connectivity index (χ1) is 18.0. The van der Waals surface area contributed by atoms with Crippen LogP contribution < -0.4 is 10.2 Å². The van der Waals surface area contributed by atoms with E-state index in [-0.39, 0.29) is 24.2 Å². The van der Waals surface area contributed by atoms with Gasteiger partial charge in [-0.15, -0.1) is 0 Å². The van der Waals surface area contributed by atoms with Gasteiger partial charge in [0.25, 0.3) is 5.91 Å². The zero-order valence-corrected chi connectivity index (χ0v) is 21.0. The molecule has 0 radical (unpaired) electrons. The van der Waals surface area contributed by atoms with Crippen LogP contribution in [0.4, 0.5) is 16.2 Å². The second kappa shape index (κ2) is 12.8. The molecule has 0 spiro atoms. The third kappa shape index (κ3) is 7.01. The first-order valence-corrected chi connectivity index (χ1v) is 12.6. The Labute approximate surface area is 217 Å². The molecule has 192 valence electrons. The maximum absolute atomic E-state index is 13.5. The van der Waals surface area contributed by atoms with Crippen LogP contribution in [0.15, 0.2) is 79.1 Å². The highest BCUT2D eigenvalue weighted by molar-refractivity contribution is 6.06. The van der Waals surface area contributed by atoms with Crippen LogP contribution in [0.2, 0.25) is 0 Å². The van der Waals surface area contributed by atoms with Gasteiger partial charge in [0, 0.05) is 42.0 Å². The number of hydrogen-bond donors (Lipinski definition) is 1. The lowest BCUT2D eigenvalue weighted by atomic mass is 9.89. The van der Waals surface area contributed by atoms with Gasteiger partial charge in [0.1, 0.15) is 0 Å². The van der Waals surface area contributed by atoms with E-state index in [1.54, 1.807) is 48.5 Å². The highest BCUT2D eigenvalue weighted by Crippen LogP contribution is 2.23. The van der Waals surface area contributed by atoms with Crippen LogP contribution >= 0.6 is 0 Å². The monoisotopic (exact) mass is 500 g/mol. The molecule has 2 amide bonds. The molecule has 2 heterocycles. The number of likely N-dealkylation sites (tertiary alicyclic amines) is 1. The predicted octanol–water partition coefficient (Wildman–Crippen LogP) is 4.89. The van der Waals surface area contributed by atoms with Crippen molar-refractivity contribution in [2.45, 2.75) is 19.8 Å². The number of nitrogens with zero attached hydrogens (tertiary/aromatic N) is 3. The molecule has 0 bridgehead atoms. The van der Waals surface area contributed by atoms with Gasteiger partial charge in [-0.1, -0.05) is 30.3 Å². The number of Topliss-reactive ketones (excluding diaryl/α,β-unsaturated/α-hetero) is 1. The Morgan fingerprint density at radius 2 is 1.70 bits per heavy atom. The number of pyridine rings is 1. The summed E-state index contributed by atoms with van der Waals surface area (Å²) >= 11 is 0. The first kappa shape index (κ1) is 26.0. The Hall–Kier alpha value is -4.04. The van der Waals surface area contributed by atoms with Gasteiger partial charge in [0.05, 0.1) is 18.5 Å². The highest BCUT2D eigenvalue weighted by Gasteiger charge is 2.26. The summed E-state index contributed by atoms with van der Waals surface area (Å²) < 4.78 is 4.90. The smallest absolute Gasteiger partial charge is 0.411 e. The number of ketones is 1. The lowest BCUT2D eigenvalue weighted by Crippen LogP contribution is -2.43. The lowest BCUT2D eigenvalue weighted by molar-refractivity contribution is 0.0841. The Kier molecular flexibility index (Phi) is 8.99. The maximum Gasteiger partial charge on any atom is 0.411 e. The number of ether oxygens (including phenoxy) is 1. The summed E-state index contributed by atoms with van der Waals surface area (Å²) in [7, 11) is 0. The van der Waals surface area contributed by atoms with E-state index in [1.807, 2.05) is 42.5 Å². The molecule has 0 saturated carbocycles. The first-order valence-electron chi connectivity index (χ1n) is 12.6. The van der Waals surface area contributed by atoms with Crippen LogP contribution in [0, 0.1) is 5.92 Å². The number of nitrogens with one attached hydrogen (secondary N) is 1. The zero-order chi connectivity index (χ0) is 26.0. The topological polar surface area (TPSA) is 91.8 Å². The molecule has 37 heavy (non-hydrogen) atoms. The molecule has 0 atom stereocenters. The third-order valence-corrected chi connectivity index (χ3v) is 6.51. The number of amides is 2. The van der Waals surface area contributed by atoms with Gasteiger partial charge in [-0.25, -0.2) is 4.79 Å². The zero-order valence-electron chi connectivity index (χ0n) is 21.0. The SMILES string of the molecule is CCOC(=O)Nc1ccc(C(=O)N(CCN2CCC(C(=O)c3ccccc3)CC2)c2cccnc2)cc1. The maximum atomic E-state index is 13.5.